The first-order chi connectivity index (χ1) is 9.15. The topological polar surface area (TPSA) is 58.1 Å². The number of carbonyl (C=O) groups is 1. The summed E-state index contributed by atoms with van der Waals surface area (Å²) in [6.45, 7) is 7.69. The molecule has 0 unspecified atom stereocenters. The number of nitrogens with one attached hydrogen (secondary N) is 1. The van der Waals surface area contributed by atoms with E-state index in [9.17, 15) is 4.79 Å². The number of hydrogen-bond donors (Lipinski definition) is 1. The van der Waals surface area contributed by atoms with Crippen LogP contribution >= 0.6 is 11.3 Å². The first-order valence-corrected chi connectivity index (χ1v) is 7.20. The Kier molecular flexibility index (Phi) is 4.31. The molecule has 0 aliphatic carbocycles. The zero-order valence-corrected chi connectivity index (χ0v) is 12.3. The lowest BCUT2D eigenvalue weighted by Gasteiger charge is -2.21. The molecule has 2 heterocycles. The van der Waals surface area contributed by atoms with Crippen molar-refractivity contribution in [3.8, 4) is 0 Å². The quantitative estimate of drug-likeness (QED) is 0.908. The Labute approximate surface area is 116 Å². The van der Waals surface area contributed by atoms with Crippen LogP contribution in [-0.4, -0.2) is 35.5 Å². The van der Waals surface area contributed by atoms with E-state index in [0.717, 1.165) is 22.6 Å². The van der Waals surface area contributed by atoms with Crippen LogP contribution in [0.25, 0.3) is 10.2 Å². The first kappa shape index (κ1) is 13.7. The molecule has 102 valence electrons. The highest BCUT2D eigenvalue weighted by atomic mass is 32.1. The van der Waals surface area contributed by atoms with E-state index in [4.69, 9.17) is 0 Å². The van der Waals surface area contributed by atoms with Crippen molar-refractivity contribution >= 4 is 33.3 Å². The second kappa shape index (κ2) is 5.97. The van der Waals surface area contributed by atoms with E-state index >= 15 is 0 Å². The molecule has 2 aromatic heterocycles. The van der Waals surface area contributed by atoms with Crippen molar-refractivity contribution in [2.75, 3.05) is 24.5 Å². The van der Waals surface area contributed by atoms with Crippen LogP contribution in [0.1, 0.15) is 18.7 Å². The van der Waals surface area contributed by atoms with E-state index in [1.165, 1.54) is 4.88 Å². The molecule has 6 heteroatoms. The summed E-state index contributed by atoms with van der Waals surface area (Å²) >= 11 is 1.65. The molecule has 2 rings (SSSR count). The summed E-state index contributed by atoms with van der Waals surface area (Å²) in [7, 11) is 0. The zero-order chi connectivity index (χ0) is 13.8. The molecule has 0 aliphatic rings. The van der Waals surface area contributed by atoms with Gasteiger partial charge in [-0.3, -0.25) is 4.79 Å². The number of amides is 1. The van der Waals surface area contributed by atoms with Gasteiger partial charge in [0.25, 0.3) is 0 Å². The lowest BCUT2D eigenvalue weighted by molar-refractivity contribution is -0.119. The Hall–Kier alpha value is -1.69. The number of anilines is 1. The molecular weight excluding hydrogens is 260 g/mol. The summed E-state index contributed by atoms with van der Waals surface area (Å²) < 4.78 is 0. The maximum absolute atomic E-state index is 11.7. The van der Waals surface area contributed by atoms with E-state index in [2.05, 4.69) is 28.3 Å². The van der Waals surface area contributed by atoms with Crippen LogP contribution in [-0.2, 0) is 4.79 Å². The number of aromatic nitrogens is 2. The molecule has 1 amide bonds. The Morgan fingerprint density at radius 3 is 2.89 bits per heavy atom. The molecule has 0 fully saturated rings. The molecule has 5 nitrogen and oxygen atoms in total. The predicted molar refractivity (Wildman–Crippen MR) is 78.7 cm³/mol. The van der Waals surface area contributed by atoms with Crippen molar-refractivity contribution in [2.45, 2.75) is 20.8 Å². The third-order valence-corrected chi connectivity index (χ3v) is 3.78. The van der Waals surface area contributed by atoms with Gasteiger partial charge in [-0.05, 0) is 26.8 Å². The minimum atomic E-state index is 0.0167. The summed E-state index contributed by atoms with van der Waals surface area (Å²) in [4.78, 5) is 24.5. The van der Waals surface area contributed by atoms with Crippen molar-refractivity contribution in [1.29, 1.82) is 0 Å². The van der Waals surface area contributed by atoms with Gasteiger partial charge in [-0.15, -0.1) is 11.3 Å². The van der Waals surface area contributed by atoms with Crippen LogP contribution < -0.4 is 10.2 Å². The van der Waals surface area contributed by atoms with Crippen molar-refractivity contribution in [2.24, 2.45) is 0 Å². The molecule has 0 saturated carbocycles. The van der Waals surface area contributed by atoms with Crippen LogP contribution in [0.2, 0.25) is 0 Å². The Morgan fingerprint density at radius 2 is 2.21 bits per heavy atom. The van der Waals surface area contributed by atoms with Crippen molar-refractivity contribution in [3.05, 3.63) is 17.3 Å². The normalized spacial score (nSPS) is 10.7. The molecule has 0 atom stereocenters. The number of nitrogens with zero attached hydrogens (tertiary/aromatic N) is 3. The predicted octanol–water partition coefficient (Wildman–Crippen LogP) is 1.96. The van der Waals surface area contributed by atoms with Gasteiger partial charge in [0, 0.05) is 18.0 Å². The molecule has 0 bridgehead atoms. The van der Waals surface area contributed by atoms with Crippen LogP contribution in [0.15, 0.2) is 12.4 Å². The van der Waals surface area contributed by atoms with Crippen LogP contribution in [0.4, 0.5) is 5.82 Å². The highest BCUT2D eigenvalue weighted by molar-refractivity contribution is 7.18. The van der Waals surface area contributed by atoms with Crippen LogP contribution in [0.3, 0.4) is 0 Å². The number of likely N-dealkylation sites (N-methyl/N-ethyl adjacent to an activating group) is 2. The van der Waals surface area contributed by atoms with Gasteiger partial charge in [0.2, 0.25) is 5.91 Å². The van der Waals surface area contributed by atoms with Gasteiger partial charge < -0.3 is 10.2 Å². The highest BCUT2D eigenvalue weighted by Gasteiger charge is 2.15. The largest absolute Gasteiger partial charge is 0.355 e. The lowest BCUT2D eigenvalue weighted by atomic mass is 10.3. The molecule has 19 heavy (non-hydrogen) atoms. The summed E-state index contributed by atoms with van der Waals surface area (Å²) in [6, 6.07) is 2.08. The number of hydrogen-bond acceptors (Lipinski definition) is 5. The number of thiophene rings is 1. The molecule has 1 N–H and O–H groups in total. The minimum Gasteiger partial charge on any atom is -0.355 e. The highest BCUT2D eigenvalue weighted by Crippen LogP contribution is 2.29. The monoisotopic (exact) mass is 278 g/mol. The van der Waals surface area contributed by atoms with Gasteiger partial charge >= 0.3 is 0 Å². The van der Waals surface area contributed by atoms with E-state index in [1.807, 2.05) is 18.7 Å². The lowest BCUT2D eigenvalue weighted by Crippen LogP contribution is -2.37. The molecule has 0 radical (unpaired) electrons. The standard InChI is InChI=1S/C13H18N4OS/c1-4-14-11(18)7-17(5-2)12-10-6-9(3)19-13(10)16-8-15-12/h6,8H,4-5,7H2,1-3H3,(H,14,18). The Morgan fingerprint density at radius 1 is 1.42 bits per heavy atom. The molecular formula is C13H18N4OS. The molecule has 0 saturated heterocycles. The maximum Gasteiger partial charge on any atom is 0.239 e. The summed E-state index contributed by atoms with van der Waals surface area (Å²) in [5, 5.41) is 3.84. The maximum atomic E-state index is 11.7. The number of fused-ring (bicyclic) bond motifs is 1. The Balaban J connectivity index is 2.32. The van der Waals surface area contributed by atoms with Gasteiger partial charge in [0.15, 0.2) is 0 Å². The van der Waals surface area contributed by atoms with Gasteiger partial charge in [0.05, 0.1) is 11.9 Å². The minimum absolute atomic E-state index is 0.0167. The third kappa shape index (κ3) is 3.01. The van der Waals surface area contributed by atoms with E-state index in [-0.39, 0.29) is 5.91 Å². The number of carbonyl (C=O) groups excluding carboxylic acids is 1. The molecule has 0 aliphatic heterocycles. The third-order valence-electron chi connectivity index (χ3n) is 2.82. The zero-order valence-electron chi connectivity index (χ0n) is 11.4. The van der Waals surface area contributed by atoms with Gasteiger partial charge in [-0.2, -0.15) is 0 Å². The van der Waals surface area contributed by atoms with Gasteiger partial charge in [-0.1, -0.05) is 0 Å². The fourth-order valence-corrected chi connectivity index (χ4v) is 2.82. The second-order valence-corrected chi connectivity index (χ2v) is 5.48. The summed E-state index contributed by atoms with van der Waals surface area (Å²) in [6.07, 6.45) is 1.56. The summed E-state index contributed by atoms with van der Waals surface area (Å²) in [5.74, 6) is 0.853. The fourth-order valence-electron chi connectivity index (χ4n) is 1.98. The average Bonchev–Trinajstić information content (AvgIpc) is 2.76. The molecule has 0 spiro atoms. The fraction of sp³-hybridized carbons (Fsp3) is 0.462. The average molecular weight is 278 g/mol. The summed E-state index contributed by atoms with van der Waals surface area (Å²) in [5.41, 5.74) is 0. The van der Waals surface area contributed by atoms with Gasteiger partial charge in [0.1, 0.15) is 17.0 Å². The smallest absolute Gasteiger partial charge is 0.239 e. The second-order valence-electron chi connectivity index (χ2n) is 4.24. The van der Waals surface area contributed by atoms with E-state index in [0.29, 0.717) is 13.1 Å². The SMILES string of the molecule is CCNC(=O)CN(CC)c1ncnc2sc(C)cc12. The van der Waals surface area contributed by atoms with E-state index in [1.54, 1.807) is 17.7 Å². The Bertz CT molecular complexity index is 581. The molecule has 0 aromatic carbocycles. The molecule has 2 aromatic rings. The van der Waals surface area contributed by atoms with Crippen LogP contribution in [0, 0.1) is 6.92 Å². The number of rotatable bonds is 5. The van der Waals surface area contributed by atoms with Crippen molar-refractivity contribution < 1.29 is 4.79 Å². The number of aryl methyl sites for hydroxylation is 1. The first-order valence-electron chi connectivity index (χ1n) is 6.38. The van der Waals surface area contributed by atoms with Crippen LogP contribution in [0.5, 0.6) is 0 Å². The van der Waals surface area contributed by atoms with Crippen molar-refractivity contribution in [3.63, 3.8) is 0 Å². The van der Waals surface area contributed by atoms with Crippen molar-refractivity contribution in [1.82, 2.24) is 15.3 Å². The van der Waals surface area contributed by atoms with E-state index < -0.39 is 0 Å². The van der Waals surface area contributed by atoms with Gasteiger partial charge in [-0.25, -0.2) is 9.97 Å².